The Morgan fingerprint density at radius 2 is 1.02 bits per heavy atom. The molecule has 8 heteroatoms. The molecule has 3 saturated carbocycles. The topological polar surface area (TPSA) is 71.3 Å². The zero-order valence-electron chi connectivity index (χ0n) is 36.1. The van der Waals surface area contributed by atoms with E-state index >= 15 is 0 Å². The first-order valence-corrected chi connectivity index (χ1v) is 21.4. The van der Waals surface area contributed by atoms with E-state index in [0.717, 1.165) is 24.3 Å². The van der Waals surface area contributed by atoms with Gasteiger partial charge in [-0.15, -0.1) is 0 Å². The Morgan fingerprint density at radius 3 is 1.42 bits per heavy atom. The van der Waals surface area contributed by atoms with Gasteiger partial charge in [0.1, 0.15) is 0 Å². The molecule has 0 aliphatic heterocycles. The molecular formula is C45H74N8. The van der Waals surface area contributed by atoms with Crippen molar-refractivity contribution in [2.45, 2.75) is 208 Å². The van der Waals surface area contributed by atoms with Crippen LogP contribution in [-0.2, 0) is 26.4 Å². The first-order valence-electron chi connectivity index (χ1n) is 21.4. The van der Waals surface area contributed by atoms with Crippen LogP contribution in [0.25, 0.3) is 0 Å². The van der Waals surface area contributed by atoms with Crippen molar-refractivity contribution < 1.29 is 0 Å². The van der Waals surface area contributed by atoms with Crippen LogP contribution in [0.15, 0.2) is 18.2 Å². The first kappa shape index (κ1) is 41.0. The third kappa shape index (κ3) is 10.3. The molecule has 0 radical (unpaired) electrons. The zero-order chi connectivity index (χ0) is 38.7. The molecule has 4 aliphatic carbocycles. The van der Waals surface area contributed by atoms with Crippen molar-refractivity contribution in [1.82, 2.24) is 39.1 Å². The van der Waals surface area contributed by atoms with Gasteiger partial charge >= 0.3 is 0 Å². The summed E-state index contributed by atoms with van der Waals surface area (Å²) in [6.45, 7) is 29.9. The normalized spacial score (nSPS) is 16.7. The van der Waals surface area contributed by atoms with Crippen LogP contribution in [0.2, 0.25) is 0 Å². The van der Waals surface area contributed by atoms with Gasteiger partial charge in [0.15, 0.2) is 0 Å². The molecule has 4 aliphatic rings. The standard InChI is InChI=1S/2C12H20N2.C11H18N2.C10H16N2/c1-8(2)12-7-11(10-5-6-10)13-14(12)9(3)4;1-8(2)12-10-6-5-7-11(10)13-14(12)9(3)4;1-4-13-11(8(2)3)7-10(12-13)9-5-6-9;1-7(2)10-6-9(8-4-5-8)11-12(10)3/h7-10H,5-6H2,1-4H3;8-9H,5-7H2,1-4H3;7-9H,4-6H2,1-3H3;6-8H,4-5H2,1-3H3. The molecule has 8 rings (SSSR count). The van der Waals surface area contributed by atoms with E-state index in [4.69, 9.17) is 10.2 Å². The molecule has 0 bridgehead atoms. The molecule has 0 atom stereocenters. The molecule has 4 heterocycles. The minimum absolute atomic E-state index is 0.486. The number of aryl methyl sites for hydroxylation is 3. The Kier molecular flexibility index (Phi) is 13.6. The lowest BCUT2D eigenvalue weighted by Crippen LogP contribution is -2.10. The van der Waals surface area contributed by atoms with Gasteiger partial charge in [-0.25, -0.2) is 0 Å². The number of rotatable bonds is 10. The van der Waals surface area contributed by atoms with E-state index < -0.39 is 0 Å². The van der Waals surface area contributed by atoms with Gasteiger partial charge in [0.25, 0.3) is 0 Å². The van der Waals surface area contributed by atoms with Crippen LogP contribution in [0.4, 0.5) is 0 Å². The summed E-state index contributed by atoms with van der Waals surface area (Å²) >= 11 is 0. The predicted molar refractivity (Wildman–Crippen MR) is 221 cm³/mol. The molecular weight excluding hydrogens is 653 g/mol. The minimum atomic E-state index is 0.486. The molecule has 0 spiro atoms. The van der Waals surface area contributed by atoms with Gasteiger partial charge in [-0.05, 0) is 140 Å². The van der Waals surface area contributed by atoms with Crippen LogP contribution in [0, 0.1) is 0 Å². The number of aromatic nitrogens is 8. The maximum atomic E-state index is 4.73. The molecule has 8 nitrogen and oxygen atoms in total. The third-order valence-electron chi connectivity index (χ3n) is 11.1. The van der Waals surface area contributed by atoms with Crippen LogP contribution in [0.3, 0.4) is 0 Å². The van der Waals surface area contributed by atoms with E-state index in [0.29, 0.717) is 35.8 Å². The second-order valence-electron chi connectivity index (χ2n) is 18.1. The molecule has 53 heavy (non-hydrogen) atoms. The lowest BCUT2D eigenvalue weighted by atomic mass is 10.0. The molecule has 0 amide bonds. The Labute approximate surface area is 322 Å². The van der Waals surface area contributed by atoms with Crippen molar-refractivity contribution in [3.05, 3.63) is 69.3 Å². The van der Waals surface area contributed by atoms with E-state index in [2.05, 4.69) is 132 Å². The van der Waals surface area contributed by atoms with Crippen molar-refractivity contribution >= 4 is 0 Å². The summed E-state index contributed by atoms with van der Waals surface area (Å²) in [4.78, 5) is 0. The Balaban J connectivity index is 0.000000136. The number of nitrogens with zero attached hydrogens (tertiary/aromatic N) is 8. The SMILES string of the molecule is CC(C)c1c2c(nn1C(C)C)CCC2.CC(C)c1cc(C2CC2)nn1C.CC(C)c1cc(C2CC2)nn1C(C)C.CCn1nc(C2CC2)cc1C(C)C. The highest BCUT2D eigenvalue weighted by atomic mass is 15.3. The van der Waals surface area contributed by atoms with Crippen LogP contribution < -0.4 is 0 Å². The molecule has 0 unspecified atom stereocenters. The summed E-state index contributed by atoms with van der Waals surface area (Å²) in [5.41, 5.74) is 12.5. The third-order valence-corrected chi connectivity index (χ3v) is 11.1. The van der Waals surface area contributed by atoms with Gasteiger partial charge in [0.05, 0.1) is 22.8 Å². The lowest BCUT2D eigenvalue weighted by molar-refractivity contribution is 0.489. The molecule has 294 valence electrons. The van der Waals surface area contributed by atoms with Crippen molar-refractivity contribution in [3.8, 4) is 0 Å². The van der Waals surface area contributed by atoms with E-state index in [1.807, 2.05) is 11.7 Å². The van der Waals surface area contributed by atoms with Gasteiger partial charge in [0, 0.05) is 66.2 Å². The van der Waals surface area contributed by atoms with E-state index in [-0.39, 0.29) is 0 Å². The van der Waals surface area contributed by atoms with E-state index in [9.17, 15) is 0 Å². The summed E-state index contributed by atoms with van der Waals surface area (Å²) in [7, 11) is 2.04. The molecule has 0 N–H and O–H groups in total. The lowest BCUT2D eigenvalue weighted by Gasteiger charge is -2.15. The Hall–Kier alpha value is -3.16. The Morgan fingerprint density at radius 1 is 0.547 bits per heavy atom. The zero-order valence-corrected chi connectivity index (χ0v) is 36.1. The molecule has 3 fully saturated rings. The second kappa shape index (κ2) is 17.5. The van der Waals surface area contributed by atoms with Crippen molar-refractivity contribution in [1.29, 1.82) is 0 Å². The van der Waals surface area contributed by atoms with Gasteiger partial charge in [0.2, 0.25) is 0 Å². The highest BCUT2D eigenvalue weighted by Crippen LogP contribution is 2.42. The van der Waals surface area contributed by atoms with Crippen molar-refractivity contribution in [3.63, 3.8) is 0 Å². The summed E-state index contributed by atoms with van der Waals surface area (Å²) < 4.78 is 8.60. The van der Waals surface area contributed by atoms with Crippen molar-refractivity contribution in [2.24, 2.45) is 7.05 Å². The van der Waals surface area contributed by atoms with Gasteiger partial charge < -0.3 is 0 Å². The maximum absolute atomic E-state index is 4.73. The van der Waals surface area contributed by atoms with Crippen molar-refractivity contribution in [2.75, 3.05) is 0 Å². The molecule has 0 saturated heterocycles. The fourth-order valence-electron chi connectivity index (χ4n) is 7.67. The quantitative estimate of drug-likeness (QED) is 0.163. The Bertz CT molecular complexity index is 1720. The summed E-state index contributed by atoms with van der Waals surface area (Å²) in [6, 6.07) is 7.86. The predicted octanol–water partition coefficient (Wildman–Crippen LogP) is 11.9. The number of hydrogen-bond acceptors (Lipinski definition) is 4. The summed E-state index contributed by atoms with van der Waals surface area (Å²) in [6.07, 6.45) is 11.8. The molecule has 4 aromatic rings. The van der Waals surface area contributed by atoms with Crippen LogP contribution in [0.1, 0.15) is 240 Å². The molecule has 0 aromatic carbocycles. The first-order chi connectivity index (χ1) is 25.1. The fraction of sp³-hybridized carbons (Fsp3) is 0.733. The fourth-order valence-corrected chi connectivity index (χ4v) is 7.67. The minimum Gasteiger partial charge on any atom is -0.272 e. The monoisotopic (exact) mass is 727 g/mol. The average Bonchev–Trinajstić information content (AvgIpc) is 4.07. The van der Waals surface area contributed by atoms with Gasteiger partial charge in [-0.3, -0.25) is 18.7 Å². The average molecular weight is 727 g/mol. The highest BCUT2D eigenvalue weighted by Gasteiger charge is 2.29. The van der Waals surface area contributed by atoms with Gasteiger partial charge in [-0.1, -0.05) is 55.4 Å². The number of hydrogen-bond donors (Lipinski definition) is 0. The molecule has 4 aromatic heterocycles. The summed E-state index contributed by atoms with van der Waals surface area (Å²) in [5.74, 6) is 4.71. The maximum Gasteiger partial charge on any atom is 0.0659 e. The van der Waals surface area contributed by atoms with Crippen LogP contribution in [0.5, 0.6) is 0 Å². The van der Waals surface area contributed by atoms with Gasteiger partial charge in [-0.2, -0.15) is 20.4 Å². The second-order valence-corrected chi connectivity index (χ2v) is 18.1. The number of fused-ring (bicyclic) bond motifs is 1. The smallest absolute Gasteiger partial charge is 0.0659 e. The highest BCUT2D eigenvalue weighted by molar-refractivity contribution is 5.33. The largest absolute Gasteiger partial charge is 0.272 e. The van der Waals surface area contributed by atoms with E-state index in [1.54, 1.807) is 5.56 Å². The van der Waals surface area contributed by atoms with E-state index in [1.165, 1.54) is 103 Å². The summed E-state index contributed by atoms with van der Waals surface area (Å²) in [5, 5.41) is 18.6. The van der Waals surface area contributed by atoms with Crippen LogP contribution >= 0.6 is 0 Å². The van der Waals surface area contributed by atoms with Crippen LogP contribution in [-0.4, -0.2) is 39.1 Å².